The molecule has 1 saturated heterocycles. The number of benzene rings is 1. The molecule has 7 heteroatoms. The molecule has 1 aromatic rings. The Bertz CT molecular complexity index is 796. The quantitative estimate of drug-likeness (QED) is 0.421. The van der Waals surface area contributed by atoms with Gasteiger partial charge in [0.1, 0.15) is 11.4 Å². The fourth-order valence-corrected chi connectivity index (χ4v) is 3.96. The maximum atomic E-state index is 13.3. The van der Waals surface area contributed by atoms with Crippen LogP contribution in [0.5, 0.6) is 5.75 Å². The molecule has 7 nitrogen and oxygen atoms in total. The lowest BCUT2D eigenvalue weighted by atomic mass is 10.0. The molecule has 0 aliphatic carbocycles. The average molecular weight is 430 g/mol. The smallest absolute Gasteiger partial charge is 0.277 e. The number of nitrogens with zero attached hydrogens (tertiary/aromatic N) is 3. The molecule has 3 rings (SSSR count). The van der Waals surface area contributed by atoms with Crippen LogP contribution in [0.25, 0.3) is 5.57 Å². The maximum Gasteiger partial charge on any atom is 0.277 e. The highest BCUT2D eigenvalue weighted by Gasteiger charge is 2.41. The summed E-state index contributed by atoms with van der Waals surface area (Å²) in [6.07, 6.45) is 0.625. The van der Waals surface area contributed by atoms with Gasteiger partial charge in [-0.2, -0.15) is 0 Å². The molecule has 2 aliphatic rings. The first-order valence-corrected chi connectivity index (χ1v) is 11.3. The van der Waals surface area contributed by atoms with E-state index in [1.807, 2.05) is 24.3 Å². The second-order valence-electron chi connectivity index (χ2n) is 8.48. The molecule has 31 heavy (non-hydrogen) atoms. The van der Waals surface area contributed by atoms with E-state index in [1.165, 1.54) is 4.90 Å². The number of likely N-dealkylation sites (N-methyl/N-ethyl adjacent to an activating group) is 1. The second kappa shape index (κ2) is 10.8. The minimum atomic E-state index is -0.218. The van der Waals surface area contributed by atoms with Gasteiger partial charge in [-0.15, -0.1) is 0 Å². The summed E-state index contributed by atoms with van der Waals surface area (Å²) in [6, 6.07) is 7.53. The predicted molar refractivity (Wildman–Crippen MR) is 121 cm³/mol. The summed E-state index contributed by atoms with van der Waals surface area (Å²) in [7, 11) is 1.62. The summed E-state index contributed by atoms with van der Waals surface area (Å²) in [5, 5.41) is 0. The molecule has 2 heterocycles. The number of ether oxygens (including phenoxy) is 2. The van der Waals surface area contributed by atoms with E-state index in [-0.39, 0.29) is 11.8 Å². The number of hydrogen-bond acceptors (Lipinski definition) is 6. The summed E-state index contributed by atoms with van der Waals surface area (Å²) < 4.78 is 10.9. The third kappa shape index (κ3) is 5.46. The fourth-order valence-electron chi connectivity index (χ4n) is 3.96. The van der Waals surface area contributed by atoms with E-state index >= 15 is 0 Å². The van der Waals surface area contributed by atoms with Gasteiger partial charge in [0.2, 0.25) is 0 Å². The molecule has 0 atom stereocenters. The average Bonchev–Trinajstić information content (AvgIpc) is 3.03. The highest BCUT2D eigenvalue weighted by molar-refractivity contribution is 6.35. The Kier molecular flexibility index (Phi) is 8.09. The van der Waals surface area contributed by atoms with Crippen molar-refractivity contribution in [2.75, 3.05) is 59.6 Å². The van der Waals surface area contributed by atoms with Gasteiger partial charge in [0, 0.05) is 46.4 Å². The van der Waals surface area contributed by atoms with Crippen LogP contribution in [-0.2, 0) is 14.3 Å². The van der Waals surface area contributed by atoms with Crippen molar-refractivity contribution in [3.63, 3.8) is 0 Å². The van der Waals surface area contributed by atoms with Crippen LogP contribution in [0.15, 0.2) is 30.0 Å². The number of piperazine rings is 1. The van der Waals surface area contributed by atoms with Crippen molar-refractivity contribution in [3.8, 4) is 5.75 Å². The van der Waals surface area contributed by atoms with Crippen LogP contribution in [0.2, 0.25) is 0 Å². The minimum Gasteiger partial charge on any atom is -0.493 e. The van der Waals surface area contributed by atoms with E-state index in [2.05, 4.69) is 30.6 Å². The molecule has 0 aromatic heterocycles. The molecule has 1 fully saturated rings. The Morgan fingerprint density at radius 3 is 2.26 bits per heavy atom. The van der Waals surface area contributed by atoms with Gasteiger partial charge in [-0.3, -0.25) is 14.5 Å². The van der Waals surface area contributed by atoms with Gasteiger partial charge < -0.3 is 19.3 Å². The Balaban J connectivity index is 1.88. The summed E-state index contributed by atoms with van der Waals surface area (Å²) >= 11 is 0. The number of carbonyl (C=O) groups excluding carboxylic acids is 2. The molecule has 0 N–H and O–H groups in total. The molecule has 0 bridgehead atoms. The first-order chi connectivity index (χ1) is 15.0. The fraction of sp³-hybridized carbons (Fsp3) is 0.583. The van der Waals surface area contributed by atoms with Gasteiger partial charge in [-0.1, -0.05) is 32.9 Å². The Morgan fingerprint density at radius 1 is 1.00 bits per heavy atom. The maximum absolute atomic E-state index is 13.3. The van der Waals surface area contributed by atoms with Gasteiger partial charge >= 0.3 is 0 Å². The van der Waals surface area contributed by atoms with Gasteiger partial charge in [-0.25, -0.2) is 0 Å². The largest absolute Gasteiger partial charge is 0.493 e. The summed E-state index contributed by atoms with van der Waals surface area (Å²) in [6.45, 7) is 12.1. The van der Waals surface area contributed by atoms with Crippen molar-refractivity contribution in [2.24, 2.45) is 5.92 Å². The van der Waals surface area contributed by atoms with E-state index < -0.39 is 0 Å². The third-order valence-corrected chi connectivity index (χ3v) is 5.74. The number of imide groups is 1. The van der Waals surface area contributed by atoms with E-state index in [9.17, 15) is 9.59 Å². The second-order valence-corrected chi connectivity index (χ2v) is 8.48. The lowest BCUT2D eigenvalue weighted by molar-refractivity contribution is -0.137. The number of hydrogen-bond donors (Lipinski definition) is 0. The summed E-state index contributed by atoms with van der Waals surface area (Å²) in [5.74, 6) is 0.793. The molecule has 0 spiro atoms. The monoisotopic (exact) mass is 429 g/mol. The van der Waals surface area contributed by atoms with Crippen molar-refractivity contribution in [1.82, 2.24) is 14.7 Å². The Morgan fingerprint density at radius 2 is 1.68 bits per heavy atom. The van der Waals surface area contributed by atoms with Crippen LogP contribution >= 0.6 is 0 Å². The van der Waals surface area contributed by atoms with Crippen LogP contribution in [0.4, 0.5) is 0 Å². The zero-order chi connectivity index (χ0) is 22.4. The van der Waals surface area contributed by atoms with E-state index in [0.717, 1.165) is 44.0 Å². The molecule has 0 saturated carbocycles. The Labute approximate surface area is 185 Å². The molecule has 170 valence electrons. The van der Waals surface area contributed by atoms with E-state index in [0.29, 0.717) is 43.4 Å². The van der Waals surface area contributed by atoms with E-state index in [1.54, 1.807) is 7.11 Å². The third-order valence-electron chi connectivity index (χ3n) is 5.74. The Hall–Kier alpha value is -2.38. The topological polar surface area (TPSA) is 62.3 Å². The van der Waals surface area contributed by atoms with Crippen molar-refractivity contribution in [2.45, 2.75) is 27.2 Å². The van der Waals surface area contributed by atoms with E-state index in [4.69, 9.17) is 9.47 Å². The van der Waals surface area contributed by atoms with Crippen LogP contribution in [0.3, 0.4) is 0 Å². The zero-order valence-corrected chi connectivity index (χ0v) is 19.2. The molecule has 1 aromatic carbocycles. The number of carbonyl (C=O) groups is 2. The number of amides is 2. The SMILES string of the molecule is CCN1CCN(C2=C(c3ccc(OCC(C)C)cc3)C(=O)N(CCCOC)C2=O)CC1. The molecule has 0 radical (unpaired) electrons. The number of rotatable bonds is 10. The van der Waals surface area contributed by atoms with Gasteiger partial charge in [0.15, 0.2) is 0 Å². The zero-order valence-electron chi connectivity index (χ0n) is 19.2. The lowest BCUT2D eigenvalue weighted by Crippen LogP contribution is -2.47. The molecule has 2 aliphatic heterocycles. The molecule has 2 amide bonds. The standard InChI is InChI=1S/C24H35N3O4/c1-5-25-12-14-26(15-13-25)22-21(23(28)27(24(22)29)11-6-16-30-4)19-7-9-20(10-8-19)31-17-18(2)3/h7-10,18H,5-6,11-17H2,1-4H3. The van der Waals surface area contributed by atoms with Gasteiger partial charge in [-0.05, 0) is 36.6 Å². The predicted octanol–water partition coefficient (Wildman–Crippen LogP) is 2.48. The molecule has 0 unspecified atom stereocenters. The van der Waals surface area contributed by atoms with Gasteiger partial charge in [0.05, 0.1) is 12.2 Å². The minimum absolute atomic E-state index is 0.193. The number of methoxy groups -OCH3 is 1. The van der Waals surface area contributed by atoms with Crippen molar-refractivity contribution < 1.29 is 19.1 Å². The lowest BCUT2D eigenvalue weighted by Gasteiger charge is -2.36. The molecular weight excluding hydrogens is 394 g/mol. The first-order valence-electron chi connectivity index (χ1n) is 11.3. The van der Waals surface area contributed by atoms with Crippen molar-refractivity contribution in [3.05, 3.63) is 35.5 Å². The van der Waals surface area contributed by atoms with Gasteiger partial charge in [0.25, 0.3) is 11.8 Å². The first kappa shape index (κ1) is 23.3. The van der Waals surface area contributed by atoms with Crippen LogP contribution in [0.1, 0.15) is 32.8 Å². The van der Waals surface area contributed by atoms with Crippen LogP contribution in [-0.4, -0.2) is 86.1 Å². The normalized spacial score (nSPS) is 18.0. The van der Waals surface area contributed by atoms with Crippen LogP contribution < -0.4 is 4.74 Å². The summed E-state index contributed by atoms with van der Waals surface area (Å²) in [5.41, 5.74) is 1.80. The molecular formula is C24H35N3O4. The summed E-state index contributed by atoms with van der Waals surface area (Å²) in [4.78, 5) is 32.5. The van der Waals surface area contributed by atoms with Crippen molar-refractivity contribution in [1.29, 1.82) is 0 Å². The van der Waals surface area contributed by atoms with Crippen molar-refractivity contribution >= 4 is 17.4 Å². The highest BCUT2D eigenvalue weighted by atomic mass is 16.5. The van der Waals surface area contributed by atoms with Crippen LogP contribution in [0, 0.1) is 5.92 Å². The highest BCUT2D eigenvalue weighted by Crippen LogP contribution is 2.33.